The van der Waals surface area contributed by atoms with E-state index in [-0.39, 0.29) is 11.4 Å². The first-order valence-electron chi connectivity index (χ1n) is 7.88. The number of benzene rings is 1. The zero-order valence-corrected chi connectivity index (χ0v) is 13.3. The highest BCUT2D eigenvalue weighted by Crippen LogP contribution is 2.39. The minimum atomic E-state index is -0.0984. The Morgan fingerprint density at radius 3 is 2.60 bits per heavy atom. The van der Waals surface area contributed by atoms with Crippen molar-refractivity contribution in [3.63, 3.8) is 0 Å². The monoisotopic (exact) mass is 277 g/mol. The summed E-state index contributed by atoms with van der Waals surface area (Å²) in [4.78, 5) is 0. The molecule has 2 atom stereocenters. The highest BCUT2D eigenvalue weighted by atomic mass is 19.1. The molecule has 1 aromatic carbocycles. The van der Waals surface area contributed by atoms with Crippen molar-refractivity contribution in [1.82, 2.24) is 5.32 Å². The van der Waals surface area contributed by atoms with E-state index in [9.17, 15) is 4.39 Å². The van der Waals surface area contributed by atoms with Crippen LogP contribution in [0.4, 0.5) is 4.39 Å². The summed E-state index contributed by atoms with van der Waals surface area (Å²) in [5.41, 5.74) is 2.61. The predicted molar refractivity (Wildman–Crippen MR) is 83.6 cm³/mol. The molecule has 20 heavy (non-hydrogen) atoms. The first kappa shape index (κ1) is 15.5. The van der Waals surface area contributed by atoms with Crippen LogP contribution in [0.2, 0.25) is 0 Å². The van der Waals surface area contributed by atoms with Crippen LogP contribution in [0.5, 0.6) is 0 Å². The summed E-state index contributed by atoms with van der Waals surface area (Å²) in [6.45, 7) is 9.76. The Balaban J connectivity index is 2.16. The van der Waals surface area contributed by atoms with Gasteiger partial charge in [-0.25, -0.2) is 4.39 Å². The first-order valence-corrected chi connectivity index (χ1v) is 7.88. The number of rotatable bonds is 3. The van der Waals surface area contributed by atoms with Crippen LogP contribution < -0.4 is 5.32 Å². The maximum atomic E-state index is 13.6. The van der Waals surface area contributed by atoms with Crippen LogP contribution in [0.25, 0.3) is 0 Å². The topological polar surface area (TPSA) is 12.0 Å². The second-order valence-corrected chi connectivity index (χ2v) is 7.28. The van der Waals surface area contributed by atoms with Gasteiger partial charge < -0.3 is 5.32 Å². The van der Waals surface area contributed by atoms with Gasteiger partial charge in [0.05, 0.1) is 0 Å². The Morgan fingerprint density at radius 2 is 1.90 bits per heavy atom. The zero-order valence-electron chi connectivity index (χ0n) is 13.3. The number of hydrogen-bond donors (Lipinski definition) is 1. The summed E-state index contributed by atoms with van der Waals surface area (Å²) in [6.07, 6.45) is 5.03. The fraction of sp³-hybridized carbons (Fsp3) is 0.667. The maximum absolute atomic E-state index is 13.6. The van der Waals surface area contributed by atoms with Crippen molar-refractivity contribution >= 4 is 0 Å². The molecule has 0 saturated heterocycles. The van der Waals surface area contributed by atoms with Gasteiger partial charge in [0.25, 0.3) is 0 Å². The third-order valence-electron chi connectivity index (χ3n) is 4.44. The molecule has 1 nitrogen and oxygen atoms in total. The van der Waals surface area contributed by atoms with E-state index in [1.54, 1.807) is 12.1 Å². The van der Waals surface area contributed by atoms with Crippen LogP contribution in [-0.4, -0.2) is 12.1 Å². The highest BCUT2D eigenvalue weighted by Gasteiger charge is 2.28. The third-order valence-corrected chi connectivity index (χ3v) is 4.44. The summed E-state index contributed by atoms with van der Waals surface area (Å²) in [6, 6.07) is 5.26. The molecule has 0 heterocycles. The van der Waals surface area contributed by atoms with Gasteiger partial charge in [0, 0.05) is 5.54 Å². The van der Waals surface area contributed by atoms with Gasteiger partial charge in [0.2, 0.25) is 0 Å². The number of hydrogen-bond acceptors (Lipinski definition) is 1. The van der Waals surface area contributed by atoms with Crippen molar-refractivity contribution in [3.05, 3.63) is 35.1 Å². The van der Waals surface area contributed by atoms with E-state index in [4.69, 9.17) is 0 Å². The largest absolute Gasteiger partial charge is 0.312 e. The molecule has 1 aromatic rings. The maximum Gasteiger partial charge on any atom is 0.123 e. The lowest BCUT2D eigenvalue weighted by molar-refractivity contribution is 0.268. The van der Waals surface area contributed by atoms with Crippen molar-refractivity contribution in [3.8, 4) is 0 Å². The minimum absolute atomic E-state index is 0.0984. The van der Waals surface area contributed by atoms with Gasteiger partial charge in [-0.1, -0.05) is 18.9 Å². The van der Waals surface area contributed by atoms with Crippen molar-refractivity contribution in [2.24, 2.45) is 5.92 Å². The van der Waals surface area contributed by atoms with Crippen molar-refractivity contribution in [1.29, 1.82) is 0 Å². The first-order chi connectivity index (χ1) is 9.37. The molecule has 0 amide bonds. The molecule has 0 radical (unpaired) electrons. The number of halogens is 1. The molecular formula is C18H28FN. The Bertz CT molecular complexity index is 447. The summed E-state index contributed by atoms with van der Waals surface area (Å²) < 4.78 is 13.6. The van der Waals surface area contributed by atoms with E-state index >= 15 is 0 Å². The molecule has 1 N–H and O–H groups in total. The molecule has 0 aliphatic heterocycles. The molecule has 1 aliphatic carbocycles. The molecule has 1 aliphatic rings. The number of aryl methyl sites for hydroxylation is 1. The van der Waals surface area contributed by atoms with Gasteiger partial charge >= 0.3 is 0 Å². The van der Waals surface area contributed by atoms with Crippen LogP contribution in [-0.2, 0) is 0 Å². The SMILES string of the molecule is Cc1ccc(F)cc1C1CCCCC1CNC(C)(C)C. The van der Waals surface area contributed by atoms with E-state index in [2.05, 4.69) is 33.0 Å². The van der Waals surface area contributed by atoms with E-state index in [0.29, 0.717) is 11.8 Å². The fourth-order valence-electron chi connectivity index (χ4n) is 3.31. The molecule has 0 bridgehead atoms. The lowest BCUT2D eigenvalue weighted by Crippen LogP contribution is -2.41. The van der Waals surface area contributed by atoms with Crippen LogP contribution in [0, 0.1) is 18.7 Å². The molecule has 2 heteroatoms. The molecule has 0 aromatic heterocycles. The molecule has 0 spiro atoms. The highest BCUT2D eigenvalue weighted by molar-refractivity contribution is 5.31. The Kier molecular flexibility index (Phi) is 4.85. The Labute approximate surface area is 123 Å². The normalized spacial score (nSPS) is 23.9. The summed E-state index contributed by atoms with van der Waals surface area (Å²) >= 11 is 0. The Hall–Kier alpha value is -0.890. The molecular weight excluding hydrogens is 249 g/mol. The molecule has 112 valence electrons. The van der Waals surface area contributed by atoms with Gasteiger partial charge in [-0.15, -0.1) is 0 Å². The predicted octanol–water partition coefficient (Wildman–Crippen LogP) is 4.80. The lowest BCUT2D eigenvalue weighted by Gasteiger charge is -2.35. The van der Waals surface area contributed by atoms with E-state index in [1.165, 1.54) is 36.8 Å². The molecule has 2 unspecified atom stereocenters. The zero-order chi connectivity index (χ0) is 14.8. The molecule has 2 rings (SSSR count). The average molecular weight is 277 g/mol. The van der Waals surface area contributed by atoms with E-state index in [0.717, 1.165) is 6.54 Å². The van der Waals surface area contributed by atoms with Gasteiger partial charge in [-0.05, 0) is 82.2 Å². The van der Waals surface area contributed by atoms with Crippen molar-refractivity contribution in [2.75, 3.05) is 6.54 Å². The van der Waals surface area contributed by atoms with Crippen molar-refractivity contribution in [2.45, 2.75) is 64.8 Å². The average Bonchev–Trinajstić information content (AvgIpc) is 2.39. The molecule has 1 fully saturated rings. The quantitative estimate of drug-likeness (QED) is 0.837. The van der Waals surface area contributed by atoms with Crippen LogP contribution in [0.1, 0.15) is 63.5 Å². The van der Waals surface area contributed by atoms with Crippen LogP contribution in [0.3, 0.4) is 0 Å². The minimum Gasteiger partial charge on any atom is -0.312 e. The van der Waals surface area contributed by atoms with Gasteiger partial charge in [-0.3, -0.25) is 0 Å². The van der Waals surface area contributed by atoms with Gasteiger partial charge in [-0.2, -0.15) is 0 Å². The number of nitrogens with one attached hydrogen (secondary N) is 1. The van der Waals surface area contributed by atoms with E-state index < -0.39 is 0 Å². The third kappa shape index (κ3) is 4.05. The smallest absolute Gasteiger partial charge is 0.123 e. The second-order valence-electron chi connectivity index (χ2n) is 7.28. The molecule has 1 saturated carbocycles. The van der Waals surface area contributed by atoms with Crippen LogP contribution >= 0.6 is 0 Å². The lowest BCUT2D eigenvalue weighted by atomic mass is 9.74. The summed E-state index contributed by atoms with van der Waals surface area (Å²) in [5.74, 6) is 1.04. The standard InChI is InChI=1S/C18H28FN/c1-13-9-10-15(19)11-17(13)16-8-6-5-7-14(16)12-20-18(2,3)4/h9-11,14,16,20H,5-8,12H2,1-4H3. The fourth-order valence-corrected chi connectivity index (χ4v) is 3.31. The van der Waals surface area contributed by atoms with Gasteiger partial charge in [0.15, 0.2) is 0 Å². The second kappa shape index (κ2) is 6.26. The van der Waals surface area contributed by atoms with E-state index in [1.807, 2.05) is 6.07 Å². The van der Waals surface area contributed by atoms with Crippen molar-refractivity contribution < 1.29 is 4.39 Å². The van der Waals surface area contributed by atoms with Crippen LogP contribution in [0.15, 0.2) is 18.2 Å². The Morgan fingerprint density at radius 1 is 1.20 bits per heavy atom. The van der Waals surface area contributed by atoms with Gasteiger partial charge in [0.1, 0.15) is 5.82 Å². The summed E-state index contributed by atoms with van der Waals surface area (Å²) in [7, 11) is 0. The summed E-state index contributed by atoms with van der Waals surface area (Å²) in [5, 5.41) is 3.63.